The first kappa shape index (κ1) is 30.5. The van der Waals surface area contributed by atoms with E-state index in [0.29, 0.717) is 84.6 Å². The molecule has 9 fully saturated rings. The number of rotatable bonds is 2. The molecule has 5 aliphatic heterocycles. The van der Waals surface area contributed by atoms with E-state index in [-0.39, 0.29) is 12.3 Å². The smallest absolute Gasteiger partial charge is 0.119 e. The van der Waals surface area contributed by atoms with Crippen LogP contribution < -0.4 is 47.3 Å². The maximum absolute atomic E-state index is 6.63. The van der Waals surface area contributed by atoms with E-state index < -0.39 is 0 Å². The van der Waals surface area contributed by atoms with Gasteiger partial charge in [0.05, 0.1) is 55.4 Å². The molecule has 0 spiro atoms. The first-order valence-corrected chi connectivity index (χ1v) is 20.1. The molecule has 8 N–H and O–H groups in total. The Morgan fingerprint density at radius 1 is 0.362 bits per heavy atom. The molecule has 0 amide bonds. The van der Waals surface area contributed by atoms with Crippen molar-refractivity contribution < 1.29 is 4.74 Å². The topological polar surface area (TPSA) is 105 Å². The van der Waals surface area contributed by atoms with E-state index in [1.165, 1.54) is 83.5 Å². The highest BCUT2D eigenvalue weighted by molar-refractivity contribution is 5.21. The van der Waals surface area contributed by atoms with E-state index in [9.17, 15) is 0 Å². The lowest BCUT2D eigenvalue weighted by Gasteiger charge is -2.37. The number of para-hydroxylation sites is 1. The number of hydrogen-bond donors (Lipinski definition) is 8. The van der Waals surface area contributed by atoms with Gasteiger partial charge in [0.2, 0.25) is 0 Å². The summed E-state index contributed by atoms with van der Waals surface area (Å²) in [6, 6.07) is 10.5. The first-order valence-electron chi connectivity index (χ1n) is 20.1. The third-order valence-corrected chi connectivity index (χ3v) is 14.9. The van der Waals surface area contributed by atoms with Crippen LogP contribution in [-0.2, 0) is 0 Å². The molecule has 17 unspecified atom stereocenters. The molecule has 9 nitrogen and oxygen atoms in total. The summed E-state index contributed by atoms with van der Waals surface area (Å²) in [5.41, 5.74) is 0. The van der Waals surface area contributed by atoms with Gasteiger partial charge >= 0.3 is 0 Å². The normalized spacial score (nSPS) is 52.2. The highest BCUT2D eigenvalue weighted by atomic mass is 16.5. The van der Waals surface area contributed by atoms with E-state index in [4.69, 9.17) is 4.74 Å². The van der Waals surface area contributed by atoms with Gasteiger partial charge in [-0.15, -0.1) is 0 Å². The van der Waals surface area contributed by atoms with E-state index in [1.807, 2.05) is 0 Å². The lowest BCUT2D eigenvalue weighted by Crippen LogP contribution is -2.61. The van der Waals surface area contributed by atoms with Gasteiger partial charge in [0.1, 0.15) is 5.75 Å². The maximum atomic E-state index is 6.63. The van der Waals surface area contributed by atoms with Gasteiger partial charge in [-0.25, -0.2) is 0 Å². The van der Waals surface area contributed by atoms with Gasteiger partial charge in [-0.1, -0.05) is 56.7 Å². The largest absolute Gasteiger partial charge is 0.490 e. The van der Waals surface area contributed by atoms with Crippen molar-refractivity contribution in [1.82, 2.24) is 42.5 Å². The Hall–Kier alpha value is -1.30. The number of hydrogen-bond acceptors (Lipinski definition) is 9. The summed E-state index contributed by atoms with van der Waals surface area (Å²) >= 11 is 0. The molecule has 47 heavy (non-hydrogen) atoms. The Morgan fingerprint density at radius 3 is 1.04 bits per heavy atom. The molecule has 17 atom stereocenters. The van der Waals surface area contributed by atoms with Crippen LogP contribution in [0.2, 0.25) is 0 Å². The molecule has 10 rings (SSSR count). The van der Waals surface area contributed by atoms with Crippen LogP contribution in [0.1, 0.15) is 96.3 Å². The Balaban J connectivity index is 0.964. The third kappa shape index (κ3) is 5.59. The van der Waals surface area contributed by atoms with E-state index in [1.54, 1.807) is 0 Å². The van der Waals surface area contributed by atoms with Crippen molar-refractivity contribution >= 4 is 0 Å². The second-order valence-corrected chi connectivity index (χ2v) is 17.2. The van der Waals surface area contributed by atoms with Gasteiger partial charge < -0.3 is 4.74 Å². The lowest BCUT2D eigenvalue weighted by molar-refractivity contribution is 0.0780. The minimum absolute atomic E-state index is 0.275. The molecule has 4 aliphatic carbocycles. The van der Waals surface area contributed by atoms with Crippen molar-refractivity contribution in [2.75, 3.05) is 0 Å². The molecule has 9 heteroatoms. The minimum atomic E-state index is 0.275. The second kappa shape index (κ2) is 12.8. The molecule has 1 aromatic carbocycles. The first-order chi connectivity index (χ1) is 23.2. The average Bonchev–Trinajstić information content (AvgIpc) is 3.84. The number of fused-ring (bicyclic) bond motifs is 20. The van der Waals surface area contributed by atoms with Gasteiger partial charge in [0, 0.05) is 0 Å². The molecule has 0 radical (unpaired) electrons. The zero-order valence-electron chi connectivity index (χ0n) is 28.2. The molecule has 0 aromatic heterocycles. The average molecular weight is 645 g/mol. The zero-order chi connectivity index (χ0) is 30.9. The van der Waals surface area contributed by atoms with Crippen molar-refractivity contribution in [3.8, 4) is 5.75 Å². The van der Waals surface area contributed by atoms with Crippen molar-refractivity contribution in [2.24, 2.45) is 47.3 Å². The Labute approximate surface area is 282 Å². The van der Waals surface area contributed by atoms with Crippen LogP contribution in [0.5, 0.6) is 5.75 Å². The van der Waals surface area contributed by atoms with Crippen LogP contribution in [0.4, 0.5) is 0 Å². The highest BCUT2D eigenvalue weighted by Crippen LogP contribution is 2.46. The fourth-order valence-electron chi connectivity index (χ4n) is 12.7. The van der Waals surface area contributed by atoms with E-state index in [0.717, 1.165) is 24.5 Å². The summed E-state index contributed by atoms with van der Waals surface area (Å²) in [7, 11) is 0. The van der Waals surface area contributed by atoms with Crippen LogP contribution >= 0.6 is 0 Å². The van der Waals surface area contributed by atoms with Crippen LogP contribution in [-0.4, -0.2) is 55.4 Å². The van der Waals surface area contributed by atoms with Gasteiger partial charge in [-0.05, 0) is 117 Å². The number of benzene rings is 1. The van der Waals surface area contributed by atoms with Gasteiger partial charge in [0.15, 0.2) is 0 Å². The van der Waals surface area contributed by atoms with Crippen molar-refractivity contribution in [3.05, 3.63) is 30.3 Å². The molecule has 5 saturated heterocycles. The molecule has 9 aliphatic rings. The number of nitrogens with one attached hydrogen (secondary N) is 8. The summed E-state index contributed by atoms with van der Waals surface area (Å²) in [4.78, 5) is 0. The molecule has 4 saturated carbocycles. The fourth-order valence-corrected chi connectivity index (χ4v) is 12.7. The molecule has 5 heterocycles. The predicted octanol–water partition coefficient (Wildman–Crippen LogP) is 3.66. The Kier molecular flexibility index (Phi) is 8.30. The van der Waals surface area contributed by atoms with Crippen LogP contribution in [0.15, 0.2) is 30.3 Å². The predicted molar refractivity (Wildman–Crippen MR) is 183 cm³/mol. The molecule has 1 aromatic rings. The monoisotopic (exact) mass is 644 g/mol. The summed E-state index contributed by atoms with van der Waals surface area (Å²) in [6.07, 6.45) is 22.9. The summed E-state index contributed by atoms with van der Waals surface area (Å²) in [6.45, 7) is 0. The lowest BCUT2D eigenvalue weighted by atomic mass is 9.76. The second-order valence-electron chi connectivity index (χ2n) is 17.2. The van der Waals surface area contributed by atoms with Crippen LogP contribution in [0.3, 0.4) is 0 Å². The van der Waals surface area contributed by atoms with E-state index >= 15 is 0 Å². The SMILES string of the molecule is c1ccc(OC2CCC3C4NC5NC(NC6NC(NC7NC(NC(N4)C3C2)C2CCCCC72)C2CCCCC62)C2CCCCC52)cc1. The molecular formula is C38H60N8O. The highest BCUT2D eigenvalue weighted by Gasteiger charge is 2.55. The van der Waals surface area contributed by atoms with Crippen molar-refractivity contribution in [1.29, 1.82) is 0 Å². The zero-order valence-corrected chi connectivity index (χ0v) is 28.2. The van der Waals surface area contributed by atoms with Gasteiger partial charge in [-0.2, -0.15) is 0 Å². The molecule has 258 valence electrons. The molecule has 8 bridgehead atoms. The van der Waals surface area contributed by atoms with Crippen molar-refractivity contribution in [3.63, 3.8) is 0 Å². The summed E-state index contributed by atoms with van der Waals surface area (Å²) in [5.74, 6) is 6.37. The summed E-state index contributed by atoms with van der Waals surface area (Å²) < 4.78 is 6.63. The quantitative estimate of drug-likeness (QED) is 0.245. The van der Waals surface area contributed by atoms with Gasteiger partial charge in [-0.3, -0.25) is 42.5 Å². The third-order valence-electron chi connectivity index (χ3n) is 14.9. The Morgan fingerprint density at radius 2 is 0.681 bits per heavy atom. The standard InChI is InChI=1S/C38H60N8O/c1-2-10-21(11-3-1)47-22-18-19-29-30(20-22)38-45-36-28-17-9-8-16-27(28)34(43-36)41-32-24-13-5-4-12-23(24)31(39-32)40-33-25-14-6-7-15-26(25)35(42-33)44-37(29)46-38/h1-3,10-11,22-46H,4-9,12-20H2. The minimum Gasteiger partial charge on any atom is -0.490 e. The fraction of sp³-hybridized carbons (Fsp3) is 0.842. The number of ether oxygens (including phenoxy) is 1. The summed E-state index contributed by atoms with van der Waals surface area (Å²) in [5, 5.41) is 33.9. The maximum Gasteiger partial charge on any atom is 0.119 e. The van der Waals surface area contributed by atoms with E-state index in [2.05, 4.69) is 72.9 Å². The van der Waals surface area contributed by atoms with Gasteiger partial charge in [0.25, 0.3) is 0 Å². The Bertz CT molecular complexity index is 1240. The molecular weight excluding hydrogens is 584 g/mol. The van der Waals surface area contributed by atoms with Crippen molar-refractivity contribution in [2.45, 2.75) is 152 Å². The van der Waals surface area contributed by atoms with Crippen LogP contribution in [0, 0.1) is 47.3 Å². The van der Waals surface area contributed by atoms with Crippen LogP contribution in [0.25, 0.3) is 0 Å².